The second kappa shape index (κ2) is 7.90. The van der Waals surface area contributed by atoms with Gasteiger partial charge in [0.1, 0.15) is 11.2 Å². The molecule has 0 saturated carbocycles. The zero-order valence-electron chi connectivity index (χ0n) is 15.9. The van der Waals surface area contributed by atoms with Crippen molar-refractivity contribution >= 4 is 35.4 Å². The summed E-state index contributed by atoms with van der Waals surface area (Å²) >= 11 is 6.03. The average Bonchev–Trinajstić information content (AvgIpc) is 2.42. The number of aromatic nitrogens is 1. The number of amides is 2. The number of methoxy groups -OCH3 is 1. The van der Waals surface area contributed by atoms with Crippen molar-refractivity contribution in [2.75, 3.05) is 12.0 Å². The Labute approximate surface area is 157 Å². The number of carbonyl (C=O) groups is 3. The minimum atomic E-state index is -0.963. The maximum atomic E-state index is 12.5. The molecule has 0 bridgehead atoms. The van der Waals surface area contributed by atoms with Gasteiger partial charge in [-0.1, -0.05) is 11.6 Å². The molecule has 0 aliphatic rings. The summed E-state index contributed by atoms with van der Waals surface area (Å²) in [4.78, 5) is 41.1. The van der Waals surface area contributed by atoms with E-state index in [1.807, 2.05) is 0 Å². The van der Waals surface area contributed by atoms with Gasteiger partial charge in [-0.05, 0) is 47.6 Å². The van der Waals surface area contributed by atoms with Crippen LogP contribution in [0.4, 0.5) is 15.3 Å². The van der Waals surface area contributed by atoms with E-state index in [9.17, 15) is 14.4 Å². The first-order chi connectivity index (χ1) is 11.7. The maximum Gasteiger partial charge on any atom is 0.424 e. The van der Waals surface area contributed by atoms with Crippen molar-refractivity contribution in [3.63, 3.8) is 0 Å². The van der Waals surface area contributed by atoms with Crippen molar-refractivity contribution in [1.82, 2.24) is 4.98 Å². The quantitative estimate of drug-likeness (QED) is 0.555. The lowest BCUT2D eigenvalue weighted by Gasteiger charge is -2.28. The summed E-state index contributed by atoms with van der Waals surface area (Å²) in [5.74, 6) is -0.748. The molecule has 1 aromatic rings. The molecule has 0 aliphatic carbocycles. The fourth-order valence-electron chi connectivity index (χ4n) is 1.70. The number of hydrogen-bond acceptors (Lipinski definition) is 7. The van der Waals surface area contributed by atoms with Crippen LogP contribution >= 0.6 is 11.6 Å². The first kappa shape index (κ1) is 21.7. The summed E-state index contributed by atoms with van der Waals surface area (Å²) in [6.07, 6.45) is -0.794. The first-order valence-corrected chi connectivity index (χ1v) is 8.13. The summed E-state index contributed by atoms with van der Waals surface area (Å²) in [5, 5.41) is -0.0912. The molecule has 0 aromatic carbocycles. The van der Waals surface area contributed by atoms with Crippen LogP contribution < -0.4 is 4.90 Å². The molecule has 0 unspecified atom stereocenters. The van der Waals surface area contributed by atoms with Crippen molar-refractivity contribution < 1.29 is 28.6 Å². The Kier molecular flexibility index (Phi) is 6.59. The summed E-state index contributed by atoms with van der Waals surface area (Å²) < 4.78 is 15.1. The molecule has 0 N–H and O–H groups in total. The Morgan fingerprint density at radius 1 is 1.00 bits per heavy atom. The third-order valence-corrected chi connectivity index (χ3v) is 2.90. The lowest BCUT2D eigenvalue weighted by atomic mass is 10.2. The van der Waals surface area contributed by atoms with Crippen LogP contribution in [0.2, 0.25) is 5.02 Å². The zero-order valence-corrected chi connectivity index (χ0v) is 16.6. The largest absolute Gasteiger partial charge is 0.464 e. The lowest BCUT2D eigenvalue weighted by molar-refractivity contribution is 0.0430. The molecule has 0 spiro atoms. The van der Waals surface area contributed by atoms with Gasteiger partial charge in [-0.3, -0.25) is 0 Å². The van der Waals surface area contributed by atoms with Crippen LogP contribution in [0.25, 0.3) is 0 Å². The van der Waals surface area contributed by atoms with Gasteiger partial charge in [0, 0.05) is 0 Å². The van der Waals surface area contributed by atoms with Gasteiger partial charge in [0.25, 0.3) is 0 Å². The lowest BCUT2D eigenvalue weighted by Crippen LogP contribution is -2.43. The molecule has 1 aromatic heterocycles. The molecular formula is C17H23ClN2O6. The van der Waals surface area contributed by atoms with Crippen molar-refractivity contribution in [1.29, 1.82) is 0 Å². The third-order valence-electron chi connectivity index (χ3n) is 2.62. The predicted octanol–water partition coefficient (Wildman–Crippen LogP) is 4.20. The van der Waals surface area contributed by atoms with Crippen LogP contribution in [0.5, 0.6) is 0 Å². The van der Waals surface area contributed by atoms with E-state index in [4.69, 9.17) is 21.1 Å². The molecule has 1 heterocycles. The molecule has 8 nitrogen and oxygen atoms in total. The number of ether oxygens (including phenoxy) is 3. The van der Waals surface area contributed by atoms with E-state index in [0.29, 0.717) is 4.90 Å². The fourth-order valence-corrected chi connectivity index (χ4v) is 1.94. The van der Waals surface area contributed by atoms with Gasteiger partial charge < -0.3 is 14.2 Å². The van der Waals surface area contributed by atoms with Gasteiger partial charge in [-0.2, -0.15) is 4.90 Å². The van der Waals surface area contributed by atoms with Gasteiger partial charge >= 0.3 is 18.2 Å². The molecule has 9 heteroatoms. The average molecular weight is 387 g/mol. The monoisotopic (exact) mass is 386 g/mol. The summed E-state index contributed by atoms with van der Waals surface area (Å²) in [7, 11) is 1.18. The molecule has 144 valence electrons. The van der Waals surface area contributed by atoms with Crippen molar-refractivity contribution in [3.8, 4) is 0 Å². The second-order valence-corrected chi connectivity index (χ2v) is 7.72. The minimum Gasteiger partial charge on any atom is -0.464 e. The van der Waals surface area contributed by atoms with E-state index in [1.165, 1.54) is 13.2 Å². The Bertz CT molecular complexity index is 678. The van der Waals surface area contributed by atoms with Gasteiger partial charge in [-0.15, -0.1) is 0 Å². The van der Waals surface area contributed by atoms with Gasteiger partial charge in [0.05, 0.1) is 24.0 Å². The van der Waals surface area contributed by atoms with E-state index >= 15 is 0 Å². The number of nitrogens with zero attached hydrogens (tertiary/aromatic N) is 2. The van der Waals surface area contributed by atoms with E-state index in [-0.39, 0.29) is 16.4 Å². The summed E-state index contributed by atoms with van der Waals surface area (Å²) in [6.45, 7) is 9.94. The number of pyridine rings is 1. The van der Waals surface area contributed by atoms with Crippen LogP contribution in [0.15, 0.2) is 12.3 Å². The highest BCUT2D eigenvalue weighted by Gasteiger charge is 2.33. The first-order valence-electron chi connectivity index (χ1n) is 7.75. The fraction of sp³-hybridized carbons (Fsp3) is 0.529. The number of halogens is 1. The minimum absolute atomic E-state index is 0.00819. The predicted molar refractivity (Wildman–Crippen MR) is 95.5 cm³/mol. The van der Waals surface area contributed by atoms with Gasteiger partial charge in [0.15, 0.2) is 5.69 Å². The third kappa shape index (κ3) is 6.18. The van der Waals surface area contributed by atoms with Gasteiger partial charge in [-0.25, -0.2) is 19.4 Å². The van der Waals surface area contributed by atoms with Crippen molar-refractivity contribution in [3.05, 3.63) is 23.0 Å². The van der Waals surface area contributed by atoms with E-state index in [1.54, 1.807) is 41.5 Å². The highest BCUT2D eigenvalue weighted by molar-refractivity contribution is 6.33. The number of esters is 1. The van der Waals surface area contributed by atoms with E-state index in [2.05, 4.69) is 9.72 Å². The van der Waals surface area contributed by atoms with Crippen LogP contribution in [-0.4, -0.2) is 41.5 Å². The Morgan fingerprint density at radius 3 is 1.81 bits per heavy atom. The van der Waals surface area contributed by atoms with Crippen LogP contribution in [0.3, 0.4) is 0 Å². The van der Waals surface area contributed by atoms with Crippen LogP contribution in [-0.2, 0) is 14.2 Å². The number of hydrogen-bond donors (Lipinski definition) is 0. The second-order valence-electron chi connectivity index (χ2n) is 7.31. The molecule has 0 aliphatic heterocycles. The van der Waals surface area contributed by atoms with Crippen molar-refractivity contribution in [2.45, 2.75) is 52.7 Å². The topological polar surface area (TPSA) is 95.0 Å². The molecule has 0 radical (unpaired) electrons. The highest BCUT2D eigenvalue weighted by atomic mass is 35.5. The Morgan fingerprint density at radius 2 is 1.46 bits per heavy atom. The van der Waals surface area contributed by atoms with E-state index in [0.717, 1.165) is 6.20 Å². The summed E-state index contributed by atoms with van der Waals surface area (Å²) in [5.41, 5.74) is -1.85. The Balaban J connectivity index is 3.32. The SMILES string of the molecule is COC(=O)c1ncc(N(C(=O)OC(C)(C)C)C(=O)OC(C)(C)C)cc1Cl. The molecule has 26 heavy (non-hydrogen) atoms. The molecule has 1 rings (SSSR count). The van der Waals surface area contributed by atoms with Crippen molar-refractivity contribution in [2.24, 2.45) is 0 Å². The van der Waals surface area contributed by atoms with Crippen LogP contribution in [0, 0.1) is 0 Å². The molecule has 0 saturated heterocycles. The number of carbonyl (C=O) groups excluding carboxylic acids is 3. The standard InChI is InChI=1S/C17H23ClN2O6/c1-16(2,3)25-14(22)20(15(23)26-17(4,5)6)10-8-11(18)12(19-9-10)13(21)24-7/h8-9H,1-7H3. The smallest absolute Gasteiger partial charge is 0.424 e. The van der Waals surface area contributed by atoms with Crippen LogP contribution in [0.1, 0.15) is 52.0 Å². The normalized spacial score (nSPS) is 11.5. The highest BCUT2D eigenvalue weighted by Crippen LogP contribution is 2.25. The maximum absolute atomic E-state index is 12.5. The Hall–Kier alpha value is -2.35. The molecular weight excluding hydrogens is 364 g/mol. The van der Waals surface area contributed by atoms with E-state index < -0.39 is 29.4 Å². The number of anilines is 1. The number of imide groups is 1. The summed E-state index contributed by atoms with van der Waals surface area (Å²) in [6, 6.07) is 1.23. The zero-order chi connectivity index (χ0) is 20.3. The number of rotatable bonds is 2. The van der Waals surface area contributed by atoms with Gasteiger partial charge in [0.2, 0.25) is 0 Å². The molecule has 0 atom stereocenters. The molecule has 0 fully saturated rings. The molecule has 2 amide bonds.